The van der Waals surface area contributed by atoms with Crippen molar-refractivity contribution in [3.63, 3.8) is 0 Å². The van der Waals surface area contributed by atoms with E-state index in [0.717, 1.165) is 28.0 Å². The number of nitrogens with zero attached hydrogens (tertiary/aromatic N) is 2. The zero-order chi connectivity index (χ0) is 32.0. The van der Waals surface area contributed by atoms with Crippen LogP contribution >= 0.6 is 23.1 Å². The van der Waals surface area contributed by atoms with Crippen LogP contribution in [0.15, 0.2) is 87.5 Å². The normalized spacial score (nSPS) is 19.1. The van der Waals surface area contributed by atoms with Gasteiger partial charge >= 0.3 is 4.87 Å². The van der Waals surface area contributed by atoms with Crippen molar-refractivity contribution >= 4 is 67.9 Å². The summed E-state index contributed by atoms with van der Waals surface area (Å²) in [7, 11) is -3.90. The lowest BCUT2D eigenvalue weighted by atomic mass is 9.82. The highest BCUT2D eigenvalue weighted by Crippen LogP contribution is 2.54. The van der Waals surface area contributed by atoms with Crippen molar-refractivity contribution in [1.29, 1.82) is 0 Å². The van der Waals surface area contributed by atoms with Gasteiger partial charge in [0.05, 0.1) is 26.5 Å². The largest absolute Gasteiger partial charge is 0.483 e. The van der Waals surface area contributed by atoms with Gasteiger partial charge in [0.25, 0.3) is 11.6 Å². The Kier molecular flexibility index (Phi) is 7.77. The number of amides is 3. The average molecular weight is 668 g/mol. The lowest BCUT2D eigenvalue weighted by molar-refractivity contribution is -0.384. The van der Waals surface area contributed by atoms with Crippen LogP contribution in [0, 0.1) is 16.0 Å². The van der Waals surface area contributed by atoms with E-state index < -0.39 is 56.4 Å². The Morgan fingerprint density at radius 1 is 1.02 bits per heavy atom. The number of thiazole rings is 1. The number of carbonyl (C=O) groups excluding carboxylic acids is 3. The molecule has 0 spiro atoms. The Balaban J connectivity index is 1.29. The second-order valence-corrected chi connectivity index (χ2v) is 13.7. The molecule has 3 atom stereocenters. The SMILES string of the molecule is NS(=O)(=O)c1ccc(NC(=O)COc2ccccc2C2c3sc(=O)[nH]c3SC3C(=O)N(c4ccc([N+](=O)[O-])cc4)C(=O)C32)cc1. The number of aromatic nitrogens is 1. The second kappa shape index (κ2) is 11.6. The number of H-pyrrole nitrogens is 1. The second-order valence-electron chi connectivity index (χ2n) is 9.98. The van der Waals surface area contributed by atoms with E-state index >= 15 is 0 Å². The number of sulfonamides is 1. The lowest BCUT2D eigenvalue weighted by Crippen LogP contribution is -2.32. The predicted molar refractivity (Wildman–Crippen MR) is 164 cm³/mol. The van der Waals surface area contributed by atoms with Crippen LogP contribution in [-0.2, 0) is 24.4 Å². The third-order valence-electron chi connectivity index (χ3n) is 7.22. The summed E-state index contributed by atoms with van der Waals surface area (Å²) in [6, 6.07) is 17.0. The summed E-state index contributed by atoms with van der Waals surface area (Å²) in [6.07, 6.45) is 0. The first-order valence-corrected chi connectivity index (χ1v) is 16.3. The Morgan fingerprint density at radius 2 is 1.71 bits per heavy atom. The van der Waals surface area contributed by atoms with E-state index in [1.807, 2.05) is 0 Å². The van der Waals surface area contributed by atoms with Gasteiger partial charge in [-0.15, -0.1) is 0 Å². The highest BCUT2D eigenvalue weighted by Gasteiger charge is 2.56. The smallest absolute Gasteiger partial charge is 0.305 e. The molecule has 6 rings (SSSR count). The molecule has 17 heteroatoms. The number of nitrogens with two attached hydrogens (primary N) is 1. The number of rotatable bonds is 8. The molecule has 14 nitrogen and oxygen atoms in total. The quantitative estimate of drug-likeness (QED) is 0.142. The van der Waals surface area contributed by atoms with Gasteiger partial charge in [-0.3, -0.25) is 29.3 Å². The molecule has 1 fully saturated rings. The lowest BCUT2D eigenvalue weighted by Gasteiger charge is -2.30. The molecule has 230 valence electrons. The number of aromatic amines is 1. The summed E-state index contributed by atoms with van der Waals surface area (Å²) in [5.41, 5.74) is 0.762. The number of nitro benzene ring substituents is 1. The van der Waals surface area contributed by atoms with Crippen molar-refractivity contribution in [1.82, 2.24) is 4.98 Å². The van der Waals surface area contributed by atoms with Gasteiger partial charge in [-0.1, -0.05) is 41.3 Å². The van der Waals surface area contributed by atoms with Gasteiger partial charge in [0.2, 0.25) is 21.8 Å². The van der Waals surface area contributed by atoms with Crippen LogP contribution in [0.4, 0.5) is 17.1 Å². The molecule has 2 aliphatic rings. The average Bonchev–Trinajstić information content (AvgIpc) is 3.50. The number of ether oxygens (including phenoxy) is 1. The number of hydrogen-bond donors (Lipinski definition) is 3. The van der Waals surface area contributed by atoms with E-state index in [0.29, 0.717) is 21.2 Å². The van der Waals surface area contributed by atoms with E-state index in [9.17, 15) is 37.7 Å². The Morgan fingerprint density at radius 3 is 2.38 bits per heavy atom. The first-order chi connectivity index (χ1) is 21.4. The molecule has 3 aromatic carbocycles. The van der Waals surface area contributed by atoms with E-state index in [1.54, 1.807) is 24.3 Å². The molecular weight excluding hydrogens is 647 g/mol. The number of benzene rings is 3. The standard InChI is InChI=1S/C28H21N5O9S3/c29-45(40,41)17-11-5-14(6-12-17)30-20(34)13-42-19-4-2-1-3-18(19)21-22-24(43-25-23(21)44-28(37)31-25)27(36)32(26(22)35)15-7-9-16(10-8-15)33(38)39/h1-12,21-22,24H,13H2,(H,30,34)(H,31,37)(H2,29,40,41). The van der Waals surface area contributed by atoms with Crippen molar-refractivity contribution < 1.29 is 32.5 Å². The fourth-order valence-electron chi connectivity index (χ4n) is 5.27. The first kappa shape index (κ1) is 30.2. The highest BCUT2D eigenvalue weighted by molar-refractivity contribution is 8.00. The minimum absolute atomic E-state index is 0.117. The van der Waals surface area contributed by atoms with Gasteiger partial charge < -0.3 is 15.0 Å². The molecule has 3 amide bonds. The Bertz CT molecular complexity index is 2030. The molecule has 4 aromatic rings. The summed E-state index contributed by atoms with van der Waals surface area (Å²) >= 11 is 1.99. The molecule has 2 aliphatic heterocycles. The van der Waals surface area contributed by atoms with Gasteiger partial charge in [0.1, 0.15) is 11.0 Å². The van der Waals surface area contributed by atoms with Crippen LogP contribution < -0.4 is 25.0 Å². The van der Waals surface area contributed by atoms with E-state index in [4.69, 9.17) is 9.88 Å². The van der Waals surface area contributed by atoms with Gasteiger partial charge in [0, 0.05) is 34.2 Å². The van der Waals surface area contributed by atoms with Crippen molar-refractivity contribution in [2.75, 3.05) is 16.8 Å². The molecule has 45 heavy (non-hydrogen) atoms. The van der Waals surface area contributed by atoms with E-state index in [1.165, 1.54) is 48.5 Å². The Hall–Kier alpha value is -4.84. The number of nitrogens with one attached hydrogen (secondary N) is 2. The number of hydrogen-bond acceptors (Lipinski definition) is 11. The topological polar surface area (TPSA) is 212 Å². The highest BCUT2D eigenvalue weighted by atomic mass is 32.2. The van der Waals surface area contributed by atoms with Crippen LogP contribution in [0.1, 0.15) is 16.4 Å². The molecule has 0 radical (unpaired) electrons. The Labute approximate surface area is 262 Å². The van der Waals surface area contributed by atoms with E-state index in [-0.39, 0.29) is 26.9 Å². The number of nitro groups is 1. The van der Waals surface area contributed by atoms with Crippen LogP contribution in [-0.4, -0.2) is 47.9 Å². The van der Waals surface area contributed by atoms with Crippen LogP contribution in [0.3, 0.4) is 0 Å². The van der Waals surface area contributed by atoms with Gasteiger partial charge in [-0.25, -0.2) is 18.5 Å². The molecule has 3 heterocycles. The zero-order valence-corrected chi connectivity index (χ0v) is 25.2. The maximum absolute atomic E-state index is 14.0. The van der Waals surface area contributed by atoms with Gasteiger partial charge in [-0.2, -0.15) is 0 Å². The van der Waals surface area contributed by atoms with Crippen LogP contribution in [0.25, 0.3) is 0 Å². The fraction of sp³-hybridized carbons (Fsp3) is 0.143. The molecule has 0 saturated carbocycles. The number of carbonyl (C=O) groups is 3. The van der Waals surface area contributed by atoms with Gasteiger partial charge in [-0.05, 0) is 42.5 Å². The summed E-state index contributed by atoms with van der Waals surface area (Å²) < 4.78 is 28.9. The third-order valence-corrected chi connectivity index (χ3v) is 10.6. The maximum atomic E-state index is 14.0. The monoisotopic (exact) mass is 667 g/mol. The molecule has 0 aliphatic carbocycles. The number of para-hydroxylation sites is 1. The summed E-state index contributed by atoms with van der Waals surface area (Å²) in [5.74, 6) is -3.13. The molecule has 3 unspecified atom stereocenters. The number of imide groups is 1. The number of fused-ring (bicyclic) bond motifs is 2. The molecule has 4 N–H and O–H groups in total. The third kappa shape index (κ3) is 5.73. The number of anilines is 2. The minimum atomic E-state index is -3.90. The predicted octanol–water partition coefficient (Wildman–Crippen LogP) is 2.81. The van der Waals surface area contributed by atoms with Gasteiger partial charge in [0.15, 0.2) is 6.61 Å². The minimum Gasteiger partial charge on any atom is -0.483 e. The zero-order valence-electron chi connectivity index (χ0n) is 22.7. The van der Waals surface area contributed by atoms with Crippen molar-refractivity contribution in [3.05, 3.63) is 103 Å². The summed E-state index contributed by atoms with van der Waals surface area (Å²) in [4.78, 5) is 67.1. The fourth-order valence-corrected chi connectivity index (χ4v) is 8.29. The number of non-ortho nitro benzene ring substituents is 1. The summed E-state index contributed by atoms with van der Waals surface area (Å²) in [5, 5.41) is 18.4. The number of primary sulfonamides is 1. The first-order valence-electron chi connectivity index (χ1n) is 13.1. The molecular formula is C28H21N5O9S3. The van der Waals surface area contributed by atoms with Crippen molar-refractivity contribution in [3.8, 4) is 5.75 Å². The van der Waals surface area contributed by atoms with Crippen molar-refractivity contribution in [2.24, 2.45) is 11.1 Å². The van der Waals surface area contributed by atoms with Crippen LogP contribution in [0.5, 0.6) is 5.75 Å². The van der Waals surface area contributed by atoms with E-state index in [2.05, 4.69) is 10.3 Å². The maximum Gasteiger partial charge on any atom is 0.305 e. The summed E-state index contributed by atoms with van der Waals surface area (Å²) in [6.45, 7) is -0.457. The molecule has 1 aromatic heterocycles. The molecule has 1 saturated heterocycles. The number of thioether (sulfide) groups is 1. The van der Waals surface area contributed by atoms with Crippen LogP contribution in [0.2, 0.25) is 0 Å². The van der Waals surface area contributed by atoms with Crippen molar-refractivity contribution in [2.45, 2.75) is 21.1 Å². The molecule has 0 bridgehead atoms.